The molecule has 6 nitrogen and oxygen atoms in total. The molecule has 0 atom stereocenters. The summed E-state index contributed by atoms with van der Waals surface area (Å²) < 4.78 is 2.07. The summed E-state index contributed by atoms with van der Waals surface area (Å²) in [7, 11) is 0. The summed E-state index contributed by atoms with van der Waals surface area (Å²) in [6.45, 7) is 2.27. The lowest BCUT2D eigenvalue weighted by molar-refractivity contribution is -0.127. The quantitative estimate of drug-likeness (QED) is 0.358. The van der Waals surface area contributed by atoms with E-state index >= 15 is 0 Å². The van der Waals surface area contributed by atoms with E-state index in [4.69, 9.17) is 0 Å². The summed E-state index contributed by atoms with van der Waals surface area (Å²) in [4.78, 5) is 32.2. The summed E-state index contributed by atoms with van der Waals surface area (Å²) in [6.07, 6.45) is 11.3. The number of halogens is 1. The highest BCUT2D eigenvalue weighted by Gasteiger charge is 2.22. The van der Waals surface area contributed by atoms with Crippen molar-refractivity contribution < 1.29 is 9.59 Å². The summed E-state index contributed by atoms with van der Waals surface area (Å²) in [6, 6.07) is 15.8. The van der Waals surface area contributed by atoms with E-state index in [1.807, 2.05) is 65.6 Å². The number of benzene rings is 1. The Balaban J connectivity index is 0.00000289. The number of aromatic nitrogens is 2. The molecular weight excluding hydrogens is 480 g/mol. The number of nitrogens with zero attached hydrogens (tertiary/aromatic N) is 3. The van der Waals surface area contributed by atoms with E-state index in [2.05, 4.69) is 14.7 Å². The van der Waals surface area contributed by atoms with Gasteiger partial charge in [0.15, 0.2) is 0 Å². The van der Waals surface area contributed by atoms with Crippen LogP contribution in [0.4, 0.5) is 0 Å². The molecule has 0 unspecified atom stereocenters. The molecule has 35 heavy (non-hydrogen) atoms. The molecule has 1 aromatic carbocycles. The molecule has 0 radical (unpaired) electrons. The minimum Gasteiger partial charge on any atom is -0.352 e. The van der Waals surface area contributed by atoms with E-state index in [-0.39, 0.29) is 24.2 Å². The van der Waals surface area contributed by atoms with Gasteiger partial charge in [-0.25, -0.2) is 4.98 Å². The van der Waals surface area contributed by atoms with Crippen LogP contribution in [0.3, 0.4) is 0 Å². The Labute approximate surface area is 215 Å². The number of nitrogens with one attached hydrogen (secondary N) is 1. The van der Waals surface area contributed by atoms with Crippen LogP contribution in [-0.4, -0.2) is 45.7 Å². The molecule has 182 valence electrons. The topological polar surface area (TPSA) is 66.7 Å². The van der Waals surface area contributed by atoms with Crippen LogP contribution in [0.2, 0.25) is 0 Å². The fourth-order valence-electron chi connectivity index (χ4n) is 4.56. The first kappa shape index (κ1) is 25.1. The van der Waals surface area contributed by atoms with Gasteiger partial charge in [0.05, 0.1) is 21.8 Å². The lowest BCUT2D eigenvalue weighted by Gasteiger charge is -2.31. The number of rotatable bonds is 7. The van der Waals surface area contributed by atoms with Crippen LogP contribution in [0, 0.1) is 5.92 Å². The molecule has 2 aliphatic rings. The van der Waals surface area contributed by atoms with Gasteiger partial charge in [-0.3, -0.25) is 14.0 Å². The van der Waals surface area contributed by atoms with Gasteiger partial charge in [-0.2, -0.15) is 0 Å². The van der Waals surface area contributed by atoms with Gasteiger partial charge in [-0.05, 0) is 61.4 Å². The van der Waals surface area contributed by atoms with Crippen molar-refractivity contribution in [2.45, 2.75) is 30.7 Å². The third-order valence-corrected chi connectivity index (χ3v) is 7.51. The van der Waals surface area contributed by atoms with E-state index < -0.39 is 0 Å². The summed E-state index contributed by atoms with van der Waals surface area (Å²) in [5.41, 5.74) is 2.88. The lowest BCUT2D eigenvalue weighted by Crippen LogP contribution is -2.37. The molecule has 5 rings (SSSR count). The SMILES string of the molecule is Cl.O=C(NCCCC1CCN(C(=O)/C=C/c2ccccc2)CC1)C1=Cc2cnc3cccc(n23)S1. The zero-order chi connectivity index (χ0) is 23.3. The Morgan fingerprint density at radius 3 is 2.69 bits per heavy atom. The average Bonchev–Trinajstić information content (AvgIpc) is 3.30. The Kier molecular flexibility index (Phi) is 8.31. The van der Waals surface area contributed by atoms with Crippen molar-refractivity contribution in [3.05, 3.63) is 77.0 Å². The van der Waals surface area contributed by atoms with Crippen molar-refractivity contribution in [1.29, 1.82) is 0 Å². The van der Waals surface area contributed by atoms with E-state index in [0.717, 1.165) is 60.7 Å². The van der Waals surface area contributed by atoms with Gasteiger partial charge in [-0.15, -0.1) is 12.4 Å². The van der Waals surface area contributed by atoms with Crippen molar-refractivity contribution >= 4 is 53.8 Å². The van der Waals surface area contributed by atoms with Gasteiger partial charge in [0, 0.05) is 25.7 Å². The lowest BCUT2D eigenvalue weighted by atomic mass is 9.92. The molecule has 4 heterocycles. The van der Waals surface area contributed by atoms with Gasteiger partial charge in [0.25, 0.3) is 5.91 Å². The molecule has 2 amide bonds. The highest BCUT2D eigenvalue weighted by molar-refractivity contribution is 8.04. The van der Waals surface area contributed by atoms with Crippen LogP contribution in [-0.2, 0) is 9.59 Å². The fraction of sp³-hybridized carbons (Fsp3) is 0.296. The molecule has 0 spiro atoms. The molecule has 2 aliphatic heterocycles. The number of pyridine rings is 1. The predicted octanol–water partition coefficient (Wildman–Crippen LogP) is 5.05. The zero-order valence-corrected chi connectivity index (χ0v) is 21.1. The molecule has 8 heteroatoms. The van der Waals surface area contributed by atoms with Crippen molar-refractivity contribution in [1.82, 2.24) is 19.6 Å². The largest absolute Gasteiger partial charge is 0.352 e. The number of carbonyl (C=O) groups is 2. The maximum atomic E-state index is 12.7. The monoisotopic (exact) mass is 508 g/mol. The van der Waals surface area contributed by atoms with Gasteiger partial charge in [-0.1, -0.05) is 48.2 Å². The third-order valence-electron chi connectivity index (χ3n) is 6.46. The molecule has 2 aromatic heterocycles. The highest BCUT2D eigenvalue weighted by Crippen LogP contribution is 2.34. The average molecular weight is 509 g/mol. The maximum absolute atomic E-state index is 12.7. The highest BCUT2D eigenvalue weighted by atomic mass is 35.5. The smallest absolute Gasteiger partial charge is 0.258 e. The van der Waals surface area contributed by atoms with Crippen LogP contribution in [0.15, 0.2) is 70.7 Å². The van der Waals surface area contributed by atoms with Crippen LogP contribution in [0.5, 0.6) is 0 Å². The van der Waals surface area contributed by atoms with E-state index in [1.54, 1.807) is 12.3 Å². The van der Waals surface area contributed by atoms with E-state index in [1.165, 1.54) is 11.8 Å². The molecule has 0 saturated carbocycles. The van der Waals surface area contributed by atoms with E-state index in [0.29, 0.717) is 17.4 Å². The molecule has 0 bridgehead atoms. The Hall–Kier alpha value is -3.03. The first-order valence-corrected chi connectivity index (χ1v) is 12.7. The van der Waals surface area contributed by atoms with Crippen LogP contribution in [0.1, 0.15) is 36.9 Å². The first-order chi connectivity index (χ1) is 16.7. The second kappa shape index (κ2) is 11.6. The van der Waals surface area contributed by atoms with Gasteiger partial charge in [0.2, 0.25) is 5.91 Å². The van der Waals surface area contributed by atoms with Crippen molar-refractivity contribution in [2.24, 2.45) is 5.92 Å². The Morgan fingerprint density at radius 1 is 1.09 bits per heavy atom. The second-order valence-electron chi connectivity index (χ2n) is 8.76. The fourth-order valence-corrected chi connectivity index (χ4v) is 5.56. The van der Waals surface area contributed by atoms with E-state index in [9.17, 15) is 9.59 Å². The predicted molar refractivity (Wildman–Crippen MR) is 143 cm³/mol. The van der Waals surface area contributed by atoms with Crippen molar-refractivity contribution in [2.75, 3.05) is 19.6 Å². The Morgan fingerprint density at radius 2 is 1.89 bits per heavy atom. The van der Waals surface area contributed by atoms with Crippen molar-refractivity contribution in [3.63, 3.8) is 0 Å². The molecule has 1 N–H and O–H groups in total. The zero-order valence-electron chi connectivity index (χ0n) is 19.4. The number of piperidine rings is 1. The summed E-state index contributed by atoms with van der Waals surface area (Å²) in [5.74, 6) is 0.666. The van der Waals surface area contributed by atoms with Crippen LogP contribution in [0.25, 0.3) is 17.8 Å². The number of likely N-dealkylation sites (tertiary alicyclic amines) is 1. The minimum absolute atomic E-state index is 0. The molecular formula is C27H29ClN4O2S. The number of imidazole rings is 1. The van der Waals surface area contributed by atoms with Crippen LogP contribution < -0.4 is 5.32 Å². The second-order valence-corrected chi connectivity index (χ2v) is 9.82. The summed E-state index contributed by atoms with van der Waals surface area (Å²) in [5, 5.41) is 4.09. The number of amides is 2. The molecule has 1 saturated heterocycles. The maximum Gasteiger partial charge on any atom is 0.258 e. The van der Waals surface area contributed by atoms with Gasteiger partial charge >= 0.3 is 0 Å². The minimum atomic E-state index is -0.0277. The molecule has 3 aromatic rings. The van der Waals surface area contributed by atoms with Crippen LogP contribution >= 0.6 is 24.2 Å². The first-order valence-electron chi connectivity index (χ1n) is 11.8. The normalized spacial score (nSPS) is 15.7. The van der Waals surface area contributed by atoms with Crippen molar-refractivity contribution in [3.8, 4) is 0 Å². The Bertz CT molecular complexity index is 1250. The summed E-state index contributed by atoms with van der Waals surface area (Å²) >= 11 is 1.48. The standard InChI is InChI=1S/C27H28N4O2S.ClH/c32-25(12-11-20-6-2-1-3-7-20)30-16-13-21(14-17-30)8-5-15-28-27(33)23-18-22-19-29-24-9-4-10-26(34-23)31(22)24;/h1-4,6-7,9-12,18-19,21H,5,8,13-17H2,(H,28,33);1H/b12-11+;. The third kappa shape index (κ3) is 5.97. The van der Waals surface area contributed by atoms with Gasteiger partial charge < -0.3 is 10.2 Å². The molecule has 0 aliphatic carbocycles. The molecule has 1 fully saturated rings. The number of thioether (sulfide) groups is 1. The number of carbonyl (C=O) groups excluding carboxylic acids is 2. The van der Waals surface area contributed by atoms with Gasteiger partial charge in [0.1, 0.15) is 5.65 Å². The number of hydrogen-bond donors (Lipinski definition) is 1. The number of hydrogen-bond acceptors (Lipinski definition) is 4.